The fourth-order valence-electron chi connectivity index (χ4n) is 2.16. The molecule has 0 aliphatic heterocycles. The highest BCUT2D eigenvalue weighted by molar-refractivity contribution is 5.84. The van der Waals surface area contributed by atoms with Crippen LogP contribution in [-0.4, -0.2) is 16.3 Å². The van der Waals surface area contributed by atoms with Crippen molar-refractivity contribution in [2.45, 2.75) is 32.7 Å². The van der Waals surface area contributed by atoms with Crippen LogP contribution in [0, 0.1) is 0 Å². The minimum absolute atomic E-state index is 0.253. The van der Waals surface area contributed by atoms with E-state index in [1.807, 2.05) is 0 Å². The van der Waals surface area contributed by atoms with E-state index in [9.17, 15) is 0 Å². The van der Waals surface area contributed by atoms with E-state index in [1.165, 1.54) is 16.5 Å². The van der Waals surface area contributed by atoms with Crippen molar-refractivity contribution >= 4 is 10.9 Å². The number of aliphatic hydroxyl groups excluding tert-OH is 1. The number of para-hydroxylation sites is 1. The van der Waals surface area contributed by atoms with Gasteiger partial charge in [0.1, 0.15) is 0 Å². The average molecular weight is 217 g/mol. The Morgan fingerprint density at radius 2 is 2.00 bits per heavy atom. The molecule has 0 aliphatic rings. The predicted molar refractivity (Wildman–Crippen MR) is 67.7 cm³/mol. The normalized spacial score (nSPS) is 11.5. The van der Waals surface area contributed by atoms with E-state index in [0.29, 0.717) is 5.92 Å². The Hall–Kier alpha value is -1.28. The SMILES string of the molecule is CC(C)c1cn(CCCO)c2ccccc12. The third kappa shape index (κ3) is 1.98. The van der Waals surface area contributed by atoms with Crippen molar-refractivity contribution in [2.24, 2.45) is 0 Å². The third-order valence-corrected chi connectivity index (χ3v) is 3.00. The molecule has 0 saturated heterocycles. The van der Waals surface area contributed by atoms with Gasteiger partial charge in [0.2, 0.25) is 0 Å². The summed E-state index contributed by atoms with van der Waals surface area (Å²) in [4.78, 5) is 0. The van der Waals surface area contributed by atoms with Crippen molar-refractivity contribution in [3.63, 3.8) is 0 Å². The molecule has 0 amide bonds. The molecular weight excluding hydrogens is 198 g/mol. The number of aryl methyl sites for hydroxylation is 1. The maximum absolute atomic E-state index is 8.90. The molecule has 1 N–H and O–H groups in total. The largest absolute Gasteiger partial charge is 0.396 e. The van der Waals surface area contributed by atoms with E-state index in [-0.39, 0.29) is 6.61 Å². The van der Waals surface area contributed by atoms with Crippen molar-refractivity contribution < 1.29 is 5.11 Å². The minimum Gasteiger partial charge on any atom is -0.396 e. The summed E-state index contributed by atoms with van der Waals surface area (Å²) in [7, 11) is 0. The van der Waals surface area contributed by atoms with Crippen molar-refractivity contribution in [3.05, 3.63) is 36.0 Å². The fourth-order valence-corrected chi connectivity index (χ4v) is 2.16. The predicted octanol–water partition coefficient (Wildman–Crippen LogP) is 3.15. The Morgan fingerprint density at radius 1 is 1.25 bits per heavy atom. The molecule has 86 valence electrons. The van der Waals surface area contributed by atoms with Crippen LogP contribution in [-0.2, 0) is 6.54 Å². The summed E-state index contributed by atoms with van der Waals surface area (Å²) in [6.45, 7) is 5.59. The Morgan fingerprint density at radius 3 is 2.69 bits per heavy atom. The van der Waals surface area contributed by atoms with Crippen LogP contribution in [0.25, 0.3) is 10.9 Å². The van der Waals surface area contributed by atoms with Gasteiger partial charge in [0.15, 0.2) is 0 Å². The van der Waals surface area contributed by atoms with Gasteiger partial charge in [0, 0.05) is 30.3 Å². The van der Waals surface area contributed by atoms with Gasteiger partial charge in [0.05, 0.1) is 0 Å². The number of rotatable bonds is 4. The lowest BCUT2D eigenvalue weighted by Gasteiger charge is -2.02. The van der Waals surface area contributed by atoms with E-state index in [0.717, 1.165) is 13.0 Å². The van der Waals surface area contributed by atoms with E-state index < -0.39 is 0 Å². The van der Waals surface area contributed by atoms with Gasteiger partial charge in [-0.15, -0.1) is 0 Å². The summed E-state index contributed by atoms with van der Waals surface area (Å²) in [5, 5.41) is 10.2. The molecular formula is C14H19NO. The molecule has 0 spiro atoms. The highest BCUT2D eigenvalue weighted by Gasteiger charge is 2.09. The zero-order valence-corrected chi connectivity index (χ0v) is 9.98. The van der Waals surface area contributed by atoms with Crippen LogP contribution < -0.4 is 0 Å². The van der Waals surface area contributed by atoms with Gasteiger partial charge in [-0.05, 0) is 24.0 Å². The summed E-state index contributed by atoms with van der Waals surface area (Å²) >= 11 is 0. The van der Waals surface area contributed by atoms with Crippen LogP contribution in [0.1, 0.15) is 31.7 Å². The number of aromatic nitrogens is 1. The molecule has 0 saturated carbocycles. The first-order chi connectivity index (χ1) is 7.74. The summed E-state index contributed by atoms with van der Waals surface area (Å²) < 4.78 is 2.25. The maximum atomic E-state index is 8.90. The summed E-state index contributed by atoms with van der Waals surface area (Å²) in [5.41, 5.74) is 2.67. The lowest BCUT2D eigenvalue weighted by atomic mass is 10.0. The second-order valence-electron chi connectivity index (χ2n) is 4.53. The topological polar surface area (TPSA) is 25.2 Å². The smallest absolute Gasteiger partial charge is 0.0483 e. The molecule has 16 heavy (non-hydrogen) atoms. The van der Waals surface area contributed by atoms with Gasteiger partial charge in [-0.3, -0.25) is 0 Å². The second kappa shape index (κ2) is 4.71. The first-order valence-electron chi connectivity index (χ1n) is 5.92. The van der Waals surface area contributed by atoms with Crippen LogP contribution in [0.4, 0.5) is 0 Å². The average Bonchev–Trinajstić information content (AvgIpc) is 2.65. The van der Waals surface area contributed by atoms with Gasteiger partial charge >= 0.3 is 0 Å². The van der Waals surface area contributed by atoms with Crippen molar-refractivity contribution in [1.29, 1.82) is 0 Å². The van der Waals surface area contributed by atoms with Gasteiger partial charge in [-0.2, -0.15) is 0 Å². The van der Waals surface area contributed by atoms with E-state index in [2.05, 4.69) is 48.9 Å². The standard InChI is InChI=1S/C14H19NO/c1-11(2)13-10-15(8-5-9-16)14-7-4-3-6-12(13)14/h3-4,6-7,10-11,16H,5,8-9H2,1-2H3. The molecule has 2 aromatic rings. The molecule has 1 aromatic carbocycles. The lowest BCUT2D eigenvalue weighted by molar-refractivity contribution is 0.280. The zero-order chi connectivity index (χ0) is 11.5. The molecule has 2 heteroatoms. The Bertz CT molecular complexity index is 471. The Balaban J connectivity index is 2.49. The molecule has 0 aliphatic carbocycles. The number of hydrogen-bond acceptors (Lipinski definition) is 1. The molecule has 0 bridgehead atoms. The molecule has 0 unspecified atom stereocenters. The van der Waals surface area contributed by atoms with Crippen molar-refractivity contribution in [1.82, 2.24) is 4.57 Å². The molecule has 2 rings (SSSR count). The van der Waals surface area contributed by atoms with Crippen molar-refractivity contribution in [3.8, 4) is 0 Å². The van der Waals surface area contributed by atoms with Crippen LogP contribution in [0.5, 0.6) is 0 Å². The number of nitrogens with zero attached hydrogens (tertiary/aromatic N) is 1. The highest BCUT2D eigenvalue weighted by atomic mass is 16.3. The van der Waals surface area contributed by atoms with Crippen molar-refractivity contribution in [2.75, 3.05) is 6.61 Å². The van der Waals surface area contributed by atoms with E-state index in [1.54, 1.807) is 0 Å². The molecule has 2 nitrogen and oxygen atoms in total. The molecule has 1 aromatic heterocycles. The monoisotopic (exact) mass is 217 g/mol. The van der Waals surface area contributed by atoms with Crippen LogP contribution in [0.15, 0.2) is 30.5 Å². The third-order valence-electron chi connectivity index (χ3n) is 3.00. The Kier molecular flexibility index (Phi) is 3.30. The van der Waals surface area contributed by atoms with Crippen LogP contribution in [0.2, 0.25) is 0 Å². The molecule has 1 heterocycles. The summed E-state index contributed by atoms with van der Waals surface area (Å²) in [5.74, 6) is 0.542. The molecule has 0 fully saturated rings. The number of aliphatic hydroxyl groups is 1. The molecule has 0 radical (unpaired) electrons. The van der Waals surface area contributed by atoms with Gasteiger partial charge in [-0.1, -0.05) is 32.0 Å². The fraction of sp³-hybridized carbons (Fsp3) is 0.429. The van der Waals surface area contributed by atoms with Gasteiger partial charge in [0.25, 0.3) is 0 Å². The van der Waals surface area contributed by atoms with Crippen LogP contribution >= 0.6 is 0 Å². The first-order valence-corrected chi connectivity index (χ1v) is 5.92. The Labute approximate surface area is 96.5 Å². The van der Waals surface area contributed by atoms with E-state index in [4.69, 9.17) is 5.11 Å². The number of benzene rings is 1. The first kappa shape index (κ1) is 11.2. The number of fused-ring (bicyclic) bond motifs is 1. The summed E-state index contributed by atoms with van der Waals surface area (Å²) in [6, 6.07) is 8.49. The summed E-state index contributed by atoms with van der Waals surface area (Å²) in [6.07, 6.45) is 3.04. The lowest BCUT2D eigenvalue weighted by Crippen LogP contribution is -1.98. The highest BCUT2D eigenvalue weighted by Crippen LogP contribution is 2.27. The van der Waals surface area contributed by atoms with Crippen LogP contribution in [0.3, 0.4) is 0 Å². The minimum atomic E-state index is 0.253. The quantitative estimate of drug-likeness (QED) is 0.836. The van der Waals surface area contributed by atoms with Gasteiger partial charge in [-0.25, -0.2) is 0 Å². The zero-order valence-electron chi connectivity index (χ0n) is 9.98. The molecule has 0 atom stereocenters. The number of hydrogen-bond donors (Lipinski definition) is 1. The van der Waals surface area contributed by atoms with E-state index >= 15 is 0 Å². The maximum Gasteiger partial charge on any atom is 0.0483 e. The second-order valence-corrected chi connectivity index (χ2v) is 4.53. The van der Waals surface area contributed by atoms with Gasteiger partial charge < -0.3 is 9.67 Å².